The van der Waals surface area contributed by atoms with Gasteiger partial charge in [-0.1, -0.05) is 279 Å². The lowest BCUT2D eigenvalue weighted by Crippen LogP contribution is -2.33. The summed E-state index contributed by atoms with van der Waals surface area (Å²) >= 11 is 0. The van der Waals surface area contributed by atoms with Crippen LogP contribution in [0.4, 0.5) is 0 Å². The number of hydrogen-bond donors (Lipinski definition) is 0. The van der Waals surface area contributed by atoms with Gasteiger partial charge in [0.15, 0.2) is 0 Å². The fraction of sp³-hybridized carbons (Fsp3) is 0.0222. The predicted molar refractivity (Wildman–Crippen MR) is 383 cm³/mol. The lowest BCUT2D eigenvalue weighted by molar-refractivity contribution is 0.748. The minimum Gasteiger partial charge on any atom is -0.309 e. The largest absolute Gasteiger partial charge is 0.309 e. The van der Waals surface area contributed by atoms with Gasteiger partial charge in [-0.15, -0.1) is 0 Å². The van der Waals surface area contributed by atoms with Crippen molar-refractivity contribution in [2.75, 3.05) is 0 Å². The molecular weight excluding hydrogens is 1110 g/mol. The third kappa shape index (κ3) is 5.76. The van der Waals surface area contributed by atoms with Crippen LogP contribution >= 0.6 is 0 Å². The van der Waals surface area contributed by atoms with E-state index in [9.17, 15) is 0 Å². The van der Waals surface area contributed by atoms with Crippen LogP contribution in [0.2, 0.25) is 0 Å². The highest BCUT2D eigenvalue weighted by Gasteiger charge is 2.53. The molecule has 2 aromatic heterocycles. The van der Waals surface area contributed by atoms with Crippen LogP contribution in [-0.4, -0.2) is 9.13 Å². The molecule has 2 nitrogen and oxygen atoms in total. The van der Waals surface area contributed by atoms with Crippen molar-refractivity contribution in [1.82, 2.24) is 9.13 Å². The number of aromatic nitrogens is 2. The zero-order chi connectivity index (χ0) is 59.7. The minimum atomic E-state index is -0.593. The normalized spacial score (nSPS) is 16.1. The third-order valence-corrected chi connectivity index (χ3v) is 22.1. The molecule has 2 atom stereocenters. The molecule has 0 fully saturated rings. The number of para-hydroxylation sites is 6. The lowest BCUT2D eigenvalue weighted by atomic mass is 9.65. The molecule has 4 heterocycles. The summed E-state index contributed by atoms with van der Waals surface area (Å²) in [5.74, 6) is 0. The van der Waals surface area contributed by atoms with E-state index in [0.717, 1.165) is 0 Å². The third-order valence-electron chi connectivity index (χ3n) is 22.1. The Morgan fingerprint density at radius 3 is 1.09 bits per heavy atom. The molecule has 0 bridgehead atoms. The average Bonchev–Trinajstić information content (AvgIpc) is 1.59. The van der Waals surface area contributed by atoms with Crippen molar-refractivity contribution in [1.29, 1.82) is 0 Å². The summed E-state index contributed by atoms with van der Waals surface area (Å²) in [4.78, 5) is 0. The van der Waals surface area contributed by atoms with Gasteiger partial charge in [0, 0.05) is 21.5 Å². The topological polar surface area (TPSA) is 9.86 Å². The molecule has 18 aromatic rings. The second-order valence-corrected chi connectivity index (χ2v) is 25.9. The molecule has 4 aliphatic rings. The summed E-state index contributed by atoms with van der Waals surface area (Å²) in [6.07, 6.45) is 0. The second-order valence-electron chi connectivity index (χ2n) is 25.9. The van der Waals surface area contributed by atoms with Gasteiger partial charge < -0.3 is 9.13 Å². The van der Waals surface area contributed by atoms with Crippen LogP contribution in [0.3, 0.4) is 0 Å². The fourth-order valence-corrected chi connectivity index (χ4v) is 18.9. The Hall–Kier alpha value is -11.8. The van der Waals surface area contributed by atoms with Crippen molar-refractivity contribution in [3.63, 3.8) is 0 Å². The van der Waals surface area contributed by atoms with Gasteiger partial charge in [-0.3, -0.25) is 0 Å². The van der Waals surface area contributed by atoms with Crippen molar-refractivity contribution in [3.8, 4) is 67.0 Å². The molecule has 2 aliphatic carbocycles. The van der Waals surface area contributed by atoms with E-state index >= 15 is 0 Å². The summed E-state index contributed by atoms with van der Waals surface area (Å²) < 4.78 is 5.09. The van der Waals surface area contributed by atoms with Crippen molar-refractivity contribution < 1.29 is 0 Å². The van der Waals surface area contributed by atoms with Gasteiger partial charge in [0.25, 0.3) is 0 Å². The Morgan fingerprint density at radius 1 is 0.185 bits per heavy atom. The first-order valence-corrected chi connectivity index (χ1v) is 32.3. The zero-order valence-electron chi connectivity index (χ0n) is 49.9. The number of hydrogen-bond acceptors (Lipinski definition) is 0. The molecule has 0 N–H and O–H groups in total. The van der Waals surface area contributed by atoms with E-state index in [4.69, 9.17) is 0 Å². The van der Waals surface area contributed by atoms with Crippen molar-refractivity contribution in [2.45, 2.75) is 10.8 Å². The van der Waals surface area contributed by atoms with E-state index in [1.54, 1.807) is 0 Å². The molecule has 0 saturated heterocycles. The summed E-state index contributed by atoms with van der Waals surface area (Å²) in [5.41, 5.74) is 29.4. The van der Waals surface area contributed by atoms with E-state index < -0.39 is 10.8 Å². The molecule has 2 heteroatoms. The molecule has 0 radical (unpaired) electrons. The minimum absolute atomic E-state index is 0.593. The van der Waals surface area contributed by atoms with Gasteiger partial charge in [0.1, 0.15) is 0 Å². The van der Waals surface area contributed by atoms with Crippen LogP contribution in [0.25, 0.3) is 154 Å². The summed E-state index contributed by atoms with van der Waals surface area (Å²) in [6, 6.07) is 121. The fourth-order valence-electron chi connectivity index (χ4n) is 18.9. The van der Waals surface area contributed by atoms with Crippen molar-refractivity contribution in [3.05, 3.63) is 360 Å². The van der Waals surface area contributed by atoms with E-state index in [-0.39, 0.29) is 0 Å². The van der Waals surface area contributed by atoms with Crippen LogP contribution in [0.1, 0.15) is 44.5 Å². The highest BCUT2D eigenvalue weighted by Crippen LogP contribution is 2.65. The number of nitrogens with zero attached hydrogens (tertiary/aromatic N) is 2. The van der Waals surface area contributed by atoms with Crippen LogP contribution in [-0.2, 0) is 10.8 Å². The van der Waals surface area contributed by atoms with Crippen LogP contribution in [0, 0.1) is 0 Å². The van der Waals surface area contributed by atoms with E-state index in [0.29, 0.717) is 0 Å². The zero-order valence-corrected chi connectivity index (χ0v) is 49.9. The van der Waals surface area contributed by atoms with Crippen LogP contribution in [0.15, 0.2) is 315 Å². The van der Waals surface area contributed by atoms with Gasteiger partial charge in [0.2, 0.25) is 0 Å². The maximum atomic E-state index is 2.58. The molecule has 422 valence electrons. The Bertz CT molecular complexity index is 6080. The Balaban J connectivity index is 0.858. The molecule has 92 heavy (non-hydrogen) atoms. The molecule has 2 unspecified atom stereocenters. The SMILES string of the molecule is c1ccc2c(c1)-c1c(-c3cccc4c(-c5cc6ccccc6c6ccccc56)c5cccc(-c6cccc7c6-c6ccccc6C76c7ccccc7-n7c8ccccc8c8cccc6c87)c5cc34)cccc1C21c2ccccc2-n2c3ccccc3c3cccc1c32. The molecule has 22 rings (SSSR count). The van der Waals surface area contributed by atoms with Crippen molar-refractivity contribution >= 4 is 86.7 Å². The Morgan fingerprint density at radius 2 is 0.543 bits per heavy atom. The van der Waals surface area contributed by atoms with Crippen molar-refractivity contribution in [2.24, 2.45) is 0 Å². The molecule has 2 spiro atoms. The molecular formula is C90H52N2. The Labute approximate surface area is 530 Å². The van der Waals surface area contributed by atoms with Gasteiger partial charge in [-0.05, 0) is 180 Å². The second kappa shape index (κ2) is 17.5. The average molecular weight is 1160 g/mol. The summed E-state index contributed by atoms with van der Waals surface area (Å²) in [5, 5.41) is 15.0. The van der Waals surface area contributed by atoms with Gasteiger partial charge in [0.05, 0.1) is 44.3 Å². The van der Waals surface area contributed by atoms with Gasteiger partial charge in [-0.2, -0.15) is 0 Å². The Kier molecular flexibility index (Phi) is 9.35. The number of fused-ring (bicyclic) bond motifs is 29. The van der Waals surface area contributed by atoms with Crippen LogP contribution < -0.4 is 0 Å². The first-order chi connectivity index (χ1) is 45.7. The van der Waals surface area contributed by atoms with E-state index in [2.05, 4.69) is 325 Å². The van der Waals surface area contributed by atoms with E-state index in [1.165, 1.54) is 198 Å². The molecule has 16 aromatic carbocycles. The summed E-state index contributed by atoms with van der Waals surface area (Å²) in [6.45, 7) is 0. The van der Waals surface area contributed by atoms with Crippen LogP contribution in [0.5, 0.6) is 0 Å². The smallest absolute Gasteiger partial charge is 0.0754 e. The van der Waals surface area contributed by atoms with E-state index in [1.807, 2.05) is 0 Å². The molecule has 0 amide bonds. The predicted octanol–water partition coefficient (Wildman–Crippen LogP) is 22.8. The molecule has 0 saturated carbocycles. The highest BCUT2D eigenvalue weighted by molar-refractivity contribution is 6.26. The molecule has 2 aliphatic heterocycles. The monoisotopic (exact) mass is 1160 g/mol. The lowest BCUT2D eigenvalue weighted by Gasteiger charge is -2.39. The highest BCUT2D eigenvalue weighted by atomic mass is 15.0. The maximum absolute atomic E-state index is 2.58. The van der Waals surface area contributed by atoms with Gasteiger partial charge in [-0.25, -0.2) is 0 Å². The first-order valence-electron chi connectivity index (χ1n) is 32.3. The maximum Gasteiger partial charge on any atom is 0.0754 e. The van der Waals surface area contributed by atoms with Gasteiger partial charge >= 0.3 is 0 Å². The number of rotatable bonds is 3. The first kappa shape index (κ1) is 49.1. The number of benzene rings is 16. The summed E-state index contributed by atoms with van der Waals surface area (Å²) in [7, 11) is 0. The standard InChI is InChI=1S/C90H52N2/c1-2-24-54-53(23-1)51-71(56-26-4-3-25-55(54)56)84-63-33-17-31-57(61-35-19-43-76-85(61)67-29-5-9-39-72(67)89(76)74-41-11-15-49-82(74)91-80-47-13-7-27-59(80)65-37-21-45-78(89)87(65)91)69(63)52-70-58(32-18-34-64(70)84)62-36-20-44-77-86(62)68-30-6-10-40-73(68)90(77)75-42-12-16-50-83(75)92-81-48-14-8-28-60(81)66-38-22-46-79(90)88(66)92/h1-52H. The quantitative estimate of drug-likeness (QED) is 0.123.